The number of anilines is 1. The maximum absolute atomic E-state index is 9.49. The second-order valence-corrected chi connectivity index (χ2v) is 7.15. The van der Waals surface area contributed by atoms with E-state index < -0.39 is 0 Å². The zero-order chi connectivity index (χ0) is 21.7. The number of nitriles is 1. The number of likely N-dealkylation sites (N-methyl/N-ethyl adjacent to an activating group) is 1. The van der Waals surface area contributed by atoms with Gasteiger partial charge < -0.3 is 24.1 Å². The Morgan fingerprint density at radius 3 is 2.40 bits per heavy atom. The molecule has 2 aromatic carbocycles. The number of hydrogen-bond acceptors (Lipinski definition) is 7. The van der Waals surface area contributed by atoms with Crippen molar-refractivity contribution in [1.29, 1.82) is 5.26 Å². The molecule has 0 bridgehead atoms. The van der Waals surface area contributed by atoms with E-state index in [1.165, 1.54) is 0 Å². The Labute approximate surface area is 176 Å². The monoisotopic (exact) mass is 406 g/mol. The normalized spacial score (nSPS) is 11.8. The van der Waals surface area contributed by atoms with E-state index in [9.17, 15) is 5.26 Å². The predicted molar refractivity (Wildman–Crippen MR) is 116 cm³/mol. The summed E-state index contributed by atoms with van der Waals surface area (Å²) in [7, 11) is 7.21. The molecule has 3 aromatic rings. The van der Waals surface area contributed by atoms with E-state index >= 15 is 0 Å². The largest absolute Gasteiger partial charge is 0.493 e. The molecule has 0 aliphatic carbocycles. The van der Waals surface area contributed by atoms with Gasteiger partial charge in [0.15, 0.2) is 11.5 Å². The molecular formula is C23H26N4O3. The van der Waals surface area contributed by atoms with Crippen LogP contribution in [-0.2, 0) is 0 Å². The Bertz CT molecular complexity index is 1040. The summed E-state index contributed by atoms with van der Waals surface area (Å²) in [4.78, 5) is 6.41. The molecule has 0 aliphatic rings. The molecule has 1 atom stereocenters. The molecule has 0 radical (unpaired) electrons. The van der Waals surface area contributed by atoms with Crippen LogP contribution in [0.2, 0.25) is 0 Å². The molecule has 156 valence electrons. The minimum atomic E-state index is 0.00396. The number of nitrogens with zero attached hydrogens (tertiary/aromatic N) is 3. The fraction of sp³-hybridized carbons (Fsp3) is 0.304. The Hall–Kier alpha value is -3.50. The van der Waals surface area contributed by atoms with Gasteiger partial charge in [-0.25, -0.2) is 0 Å². The average molecular weight is 406 g/mol. The Morgan fingerprint density at radius 2 is 1.80 bits per heavy atom. The van der Waals surface area contributed by atoms with Crippen LogP contribution >= 0.6 is 0 Å². The van der Waals surface area contributed by atoms with Gasteiger partial charge in [-0.05, 0) is 50.8 Å². The fourth-order valence-electron chi connectivity index (χ4n) is 3.18. The molecule has 30 heavy (non-hydrogen) atoms. The number of hydrogen-bond donors (Lipinski definition) is 1. The van der Waals surface area contributed by atoms with Crippen molar-refractivity contribution in [3.8, 4) is 29.0 Å². The summed E-state index contributed by atoms with van der Waals surface area (Å²) in [5, 5.41) is 12.7. The summed E-state index contributed by atoms with van der Waals surface area (Å²) >= 11 is 0. The minimum Gasteiger partial charge on any atom is -0.493 e. The van der Waals surface area contributed by atoms with Gasteiger partial charge in [0.2, 0.25) is 17.5 Å². The van der Waals surface area contributed by atoms with Gasteiger partial charge >= 0.3 is 0 Å². The number of benzene rings is 2. The van der Waals surface area contributed by atoms with Gasteiger partial charge in [0.05, 0.1) is 20.3 Å². The van der Waals surface area contributed by atoms with Crippen molar-refractivity contribution in [2.75, 3.05) is 40.2 Å². The third-order valence-corrected chi connectivity index (χ3v) is 4.90. The first-order valence-electron chi connectivity index (χ1n) is 9.57. The van der Waals surface area contributed by atoms with Crippen LogP contribution < -0.4 is 14.8 Å². The van der Waals surface area contributed by atoms with Gasteiger partial charge in [0, 0.05) is 12.1 Å². The van der Waals surface area contributed by atoms with Crippen molar-refractivity contribution >= 4 is 5.88 Å². The Balaban J connectivity index is 1.83. The molecule has 1 N–H and O–H groups in total. The smallest absolute Gasteiger partial charge is 0.232 e. The van der Waals surface area contributed by atoms with E-state index in [0.717, 1.165) is 16.7 Å². The zero-order valence-corrected chi connectivity index (χ0v) is 17.9. The van der Waals surface area contributed by atoms with Gasteiger partial charge in [-0.15, -0.1) is 0 Å². The van der Waals surface area contributed by atoms with E-state index in [1.54, 1.807) is 14.2 Å². The van der Waals surface area contributed by atoms with Gasteiger partial charge in [-0.1, -0.05) is 23.8 Å². The second kappa shape index (κ2) is 9.33. The van der Waals surface area contributed by atoms with Gasteiger partial charge in [0.25, 0.3) is 0 Å². The van der Waals surface area contributed by atoms with Gasteiger partial charge in [-0.2, -0.15) is 10.2 Å². The van der Waals surface area contributed by atoms with Crippen LogP contribution in [0.5, 0.6) is 11.5 Å². The van der Waals surface area contributed by atoms with E-state index in [2.05, 4.69) is 21.3 Å². The van der Waals surface area contributed by atoms with Crippen LogP contribution in [0, 0.1) is 18.3 Å². The fourth-order valence-corrected chi connectivity index (χ4v) is 3.18. The molecular weight excluding hydrogens is 380 g/mol. The molecule has 3 rings (SSSR count). The highest BCUT2D eigenvalue weighted by atomic mass is 16.5. The molecule has 0 amide bonds. The number of ether oxygens (including phenoxy) is 2. The molecule has 0 spiro atoms. The number of methoxy groups -OCH3 is 2. The molecule has 0 saturated heterocycles. The molecule has 0 aliphatic heterocycles. The van der Waals surface area contributed by atoms with E-state index in [-0.39, 0.29) is 11.7 Å². The highest BCUT2D eigenvalue weighted by Crippen LogP contribution is 2.32. The van der Waals surface area contributed by atoms with Gasteiger partial charge in [0.1, 0.15) is 6.07 Å². The summed E-state index contributed by atoms with van der Waals surface area (Å²) in [6.45, 7) is 2.53. The maximum atomic E-state index is 9.49. The first-order valence-corrected chi connectivity index (χ1v) is 9.57. The Kier molecular flexibility index (Phi) is 6.60. The zero-order valence-electron chi connectivity index (χ0n) is 17.9. The lowest BCUT2D eigenvalue weighted by molar-refractivity contribution is 0.307. The van der Waals surface area contributed by atoms with Crippen molar-refractivity contribution in [3.05, 3.63) is 59.3 Å². The second-order valence-electron chi connectivity index (χ2n) is 7.15. The Morgan fingerprint density at radius 1 is 1.10 bits per heavy atom. The van der Waals surface area contributed by atoms with Crippen molar-refractivity contribution in [1.82, 2.24) is 9.88 Å². The highest BCUT2D eigenvalue weighted by Gasteiger charge is 2.20. The number of aromatic nitrogens is 1. The van der Waals surface area contributed by atoms with Crippen LogP contribution in [0.25, 0.3) is 11.5 Å². The molecule has 1 unspecified atom stereocenters. The number of aryl methyl sites for hydroxylation is 1. The van der Waals surface area contributed by atoms with Crippen molar-refractivity contribution in [3.63, 3.8) is 0 Å². The maximum Gasteiger partial charge on any atom is 0.232 e. The summed E-state index contributed by atoms with van der Waals surface area (Å²) < 4.78 is 16.6. The lowest BCUT2D eigenvalue weighted by Crippen LogP contribution is -2.27. The van der Waals surface area contributed by atoms with Crippen LogP contribution in [0.15, 0.2) is 46.9 Å². The molecule has 7 nitrogen and oxygen atoms in total. The molecule has 7 heteroatoms. The SMILES string of the molecule is COc1ccc(C(CNc2oc(-c3ccc(C)cc3)nc2C#N)N(C)C)cc1OC. The quantitative estimate of drug-likeness (QED) is 0.598. The summed E-state index contributed by atoms with van der Waals surface area (Å²) in [5.74, 6) is 2.12. The van der Waals surface area contributed by atoms with Crippen molar-refractivity contribution in [2.24, 2.45) is 0 Å². The predicted octanol–water partition coefficient (Wildman–Crippen LogP) is 4.25. The summed E-state index contributed by atoms with van der Waals surface area (Å²) in [6.07, 6.45) is 0. The standard InChI is InChI=1S/C23H26N4O3/c1-15-6-8-16(9-7-15)22-26-18(13-24)23(30-22)25-14-19(27(2)3)17-10-11-20(28-4)21(12-17)29-5/h6-12,19,25H,14H2,1-5H3. The van der Waals surface area contributed by atoms with Crippen LogP contribution in [0.1, 0.15) is 22.9 Å². The number of rotatable bonds is 8. The first-order chi connectivity index (χ1) is 14.5. The van der Waals surface area contributed by atoms with Crippen molar-refractivity contribution < 1.29 is 13.9 Å². The molecule has 1 aromatic heterocycles. The summed E-state index contributed by atoms with van der Waals surface area (Å²) in [6, 6.07) is 15.8. The molecule has 1 heterocycles. The van der Waals surface area contributed by atoms with Crippen LogP contribution in [-0.4, -0.2) is 44.7 Å². The summed E-state index contributed by atoms with van der Waals surface area (Å²) in [5.41, 5.74) is 3.25. The third-order valence-electron chi connectivity index (χ3n) is 4.90. The lowest BCUT2D eigenvalue weighted by Gasteiger charge is -2.25. The van der Waals surface area contributed by atoms with E-state index in [1.807, 2.05) is 63.5 Å². The average Bonchev–Trinajstić information content (AvgIpc) is 3.17. The number of nitrogens with one attached hydrogen (secondary N) is 1. The van der Waals surface area contributed by atoms with E-state index in [4.69, 9.17) is 13.9 Å². The van der Waals surface area contributed by atoms with E-state index in [0.29, 0.717) is 29.8 Å². The lowest BCUT2D eigenvalue weighted by atomic mass is 10.1. The topological polar surface area (TPSA) is 83.5 Å². The van der Waals surface area contributed by atoms with Crippen molar-refractivity contribution in [2.45, 2.75) is 13.0 Å². The van der Waals surface area contributed by atoms with Gasteiger partial charge in [-0.3, -0.25) is 0 Å². The minimum absolute atomic E-state index is 0.00396. The molecule has 0 saturated carbocycles. The molecule has 0 fully saturated rings. The highest BCUT2D eigenvalue weighted by molar-refractivity contribution is 5.59. The van der Waals surface area contributed by atoms with Crippen LogP contribution in [0.3, 0.4) is 0 Å². The number of oxazole rings is 1. The van der Waals surface area contributed by atoms with Crippen LogP contribution in [0.4, 0.5) is 5.88 Å². The third kappa shape index (κ3) is 4.56. The first kappa shape index (κ1) is 21.2.